The number of aromatic amines is 1. The van der Waals surface area contributed by atoms with Crippen LogP contribution in [0.2, 0.25) is 5.15 Å². The van der Waals surface area contributed by atoms with Gasteiger partial charge < -0.3 is 9.88 Å². The number of benzene rings is 1. The van der Waals surface area contributed by atoms with Crippen molar-refractivity contribution in [3.8, 4) is 6.07 Å². The lowest BCUT2D eigenvalue weighted by Crippen LogP contribution is -2.47. The molecule has 1 saturated heterocycles. The maximum Gasteiger partial charge on any atom is 0.261 e. The summed E-state index contributed by atoms with van der Waals surface area (Å²) in [5, 5.41) is 11.1. The Morgan fingerprint density at radius 2 is 2.15 bits per heavy atom. The lowest BCUT2D eigenvalue weighted by atomic mass is 9.72. The van der Waals surface area contributed by atoms with Crippen molar-refractivity contribution in [3.63, 3.8) is 0 Å². The zero-order chi connectivity index (χ0) is 19.1. The highest BCUT2D eigenvalue weighted by Crippen LogP contribution is 2.46. The van der Waals surface area contributed by atoms with Crippen LogP contribution >= 0.6 is 11.6 Å². The van der Waals surface area contributed by atoms with Gasteiger partial charge in [-0.15, -0.1) is 0 Å². The minimum absolute atomic E-state index is 0.479. The Hall–Kier alpha value is -1.59. The molecule has 3 atom stereocenters. The highest BCUT2D eigenvalue weighted by molar-refractivity contribution is 7.85. The first-order chi connectivity index (χ1) is 12.2. The monoisotopic (exact) mass is 395 g/mol. The van der Waals surface area contributed by atoms with Gasteiger partial charge in [0.15, 0.2) is 0 Å². The Kier molecular flexibility index (Phi) is 5.31. The van der Waals surface area contributed by atoms with E-state index >= 15 is 0 Å². The van der Waals surface area contributed by atoms with Gasteiger partial charge in [0.1, 0.15) is 5.15 Å². The molecule has 0 saturated carbocycles. The van der Waals surface area contributed by atoms with Gasteiger partial charge in [0.2, 0.25) is 0 Å². The molecule has 1 aromatic carbocycles. The van der Waals surface area contributed by atoms with E-state index in [-0.39, 0.29) is 0 Å². The number of nitrogens with zero attached hydrogens (tertiary/aromatic N) is 2. The van der Waals surface area contributed by atoms with E-state index in [1.165, 1.54) is 16.5 Å². The Labute approximate surface area is 158 Å². The first-order valence-corrected chi connectivity index (χ1v) is 10.7. The van der Waals surface area contributed by atoms with Gasteiger partial charge in [0.25, 0.3) is 10.1 Å². The van der Waals surface area contributed by atoms with Crippen molar-refractivity contribution < 1.29 is 13.0 Å². The fourth-order valence-corrected chi connectivity index (χ4v) is 4.65. The number of likely N-dealkylation sites (tertiary alicyclic amines) is 1. The molecule has 0 spiro atoms. The second kappa shape index (κ2) is 7.20. The predicted molar refractivity (Wildman–Crippen MR) is 102 cm³/mol. The number of halogens is 1. The summed E-state index contributed by atoms with van der Waals surface area (Å²) in [4.78, 5) is 5.75. The van der Waals surface area contributed by atoms with Crippen LogP contribution in [-0.2, 0) is 16.5 Å². The fraction of sp³-hybridized carbons (Fsp3) is 0.500. The van der Waals surface area contributed by atoms with E-state index in [9.17, 15) is 8.42 Å². The zero-order valence-electron chi connectivity index (χ0n) is 14.7. The first kappa shape index (κ1) is 19.2. The number of H-pyrrole nitrogens is 1. The van der Waals surface area contributed by atoms with Crippen molar-refractivity contribution >= 4 is 32.6 Å². The zero-order valence-corrected chi connectivity index (χ0v) is 16.3. The lowest BCUT2D eigenvalue weighted by Gasteiger charge is -2.45. The molecular weight excluding hydrogens is 374 g/mol. The van der Waals surface area contributed by atoms with Crippen molar-refractivity contribution in [2.45, 2.75) is 31.2 Å². The van der Waals surface area contributed by atoms with Crippen molar-refractivity contribution in [2.75, 3.05) is 19.8 Å². The molecule has 8 heteroatoms. The van der Waals surface area contributed by atoms with Crippen molar-refractivity contribution in [1.82, 2.24) is 9.88 Å². The van der Waals surface area contributed by atoms with Crippen molar-refractivity contribution in [3.05, 3.63) is 34.5 Å². The van der Waals surface area contributed by atoms with Crippen LogP contribution in [0.3, 0.4) is 0 Å². The second-order valence-electron chi connectivity index (χ2n) is 7.20. The van der Waals surface area contributed by atoms with E-state index in [0.29, 0.717) is 30.6 Å². The van der Waals surface area contributed by atoms with E-state index < -0.39 is 10.1 Å². The molecule has 0 bridgehead atoms. The number of nitriles is 1. The topological polar surface area (TPSA) is 97.2 Å². The first-order valence-electron chi connectivity index (χ1n) is 8.47. The molecule has 2 aliphatic rings. The molecule has 0 amide bonds. The molecule has 1 fully saturated rings. The standard InChI is InChI=1S/C17H18ClN3.CH4O3S/c1-21-9-10(5-6-19)7-12-11-3-2-4-14-16(11)13(8-15(12)21)17(18)20-14;1-5(2,3)4/h2-4,10,12,15,20H,5,7-9H2,1H3;1H3,(H,2,3,4). The van der Waals surface area contributed by atoms with Crippen LogP contribution in [0.5, 0.6) is 0 Å². The molecule has 6 nitrogen and oxygen atoms in total. The van der Waals surface area contributed by atoms with Crippen LogP contribution in [0.1, 0.15) is 29.9 Å². The van der Waals surface area contributed by atoms with E-state index in [4.69, 9.17) is 21.4 Å². The van der Waals surface area contributed by atoms with Crippen molar-refractivity contribution in [2.24, 2.45) is 5.92 Å². The van der Waals surface area contributed by atoms with Gasteiger partial charge in [-0.3, -0.25) is 4.55 Å². The lowest BCUT2D eigenvalue weighted by molar-refractivity contribution is 0.113. The summed E-state index contributed by atoms with van der Waals surface area (Å²) in [5.74, 6) is 0.998. The molecule has 2 heterocycles. The van der Waals surface area contributed by atoms with Crippen LogP contribution in [-0.4, -0.2) is 48.7 Å². The number of nitrogens with one attached hydrogen (secondary N) is 1. The molecule has 1 aliphatic heterocycles. The van der Waals surface area contributed by atoms with Gasteiger partial charge in [-0.2, -0.15) is 13.7 Å². The predicted octanol–water partition coefficient (Wildman–Crippen LogP) is 3.20. The smallest absolute Gasteiger partial charge is 0.261 e. The summed E-state index contributed by atoms with van der Waals surface area (Å²) in [6, 6.07) is 9.32. The highest BCUT2D eigenvalue weighted by atomic mass is 35.5. The average Bonchev–Trinajstić information content (AvgIpc) is 2.85. The maximum absolute atomic E-state index is 9.19. The van der Waals surface area contributed by atoms with E-state index in [2.05, 4.69) is 41.2 Å². The summed E-state index contributed by atoms with van der Waals surface area (Å²) in [6.07, 6.45) is 3.50. The van der Waals surface area contributed by atoms with Gasteiger partial charge in [0, 0.05) is 35.8 Å². The Balaban J connectivity index is 0.000000349. The fourth-order valence-electron chi connectivity index (χ4n) is 4.37. The van der Waals surface area contributed by atoms with Gasteiger partial charge in [-0.05, 0) is 43.0 Å². The second-order valence-corrected chi connectivity index (χ2v) is 9.05. The summed E-state index contributed by atoms with van der Waals surface area (Å²) >= 11 is 6.41. The quantitative estimate of drug-likeness (QED) is 0.722. The summed E-state index contributed by atoms with van der Waals surface area (Å²) < 4.78 is 25.9. The number of hydrogen-bond donors (Lipinski definition) is 2. The number of hydrogen-bond acceptors (Lipinski definition) is 4. The van der Waals surface area contributed by atoms with Crippen LogP contribution in [0.25, 0.3) is 10.9 Å². The van der Waals surface area contributed by atoms with E-state index in [1.807, 2.05) is 0 Å². The normalized spacial score (nSPS) is 25.1. The maximum atomic E-state index is 9.19. The van der Waals surface area contributed by atoms with Gasteiger partial charge in [0.05, 0.1) is 12.3 Å². The molecule has 3 unspecified atom stereocenters. The molecule has 2 aromatic rings. The summed E-state index contributed by atoms with van der Waals surface area (Å²) in [6.45, 7) is 1.02. The van der Waals surface area contributed by atoms with Gasteiger partial charge in [-0.1, -0.05) is 23.7 Å². The number of piperidine rings is 1. The van der Waals surface area contributed by atoms with E-state index in [0.717, 1.165) is 30.1 Å². The molecule has 0 radical (unpaired) electrons. The summed E-state index contributed by atoms with van der Waals surface area (Å²) in [7, 11) is -1.48. The third-order valence-electron chi connectivity index (χ3n) is 5.26. The van der Waals surface area contributed by atoms with Gasteiger partial charge >= 0.3 is 0 Å². The number of aromatic nitrogens is 1. The largest absolute Gasteiger partial charge is 0.345 e. The Bertz CT molecular complexity index is 956. The SMILES string of the molecule is CN1CC(CC#N)CC2c3cccc4[nH]c(Cl)c(c34)CC21.CS(=O)(=O)O. The molecule has 2 N–H and O–H groups in total. The number of likely N-dealkylation sites (N-methyl/N-ethyl adjacent to an activating group) is 1. The summed E-state index contributed by atoms with van der Waals surface area (Å²) in [5.41, 5.74) is 3.83. The van der Waals surface area contributed by atoms with Crippen LogP contribution in [0.15, 0.2) is 18.2 Å². The van der Waals surface area contributed by atoms with Crippen LogP contribution in [0.4, 0.5) is 0 Å². The van der Waals surface area contributed by atoms with Crippen LogP contribution in [0, 0.1) is 17.2 Å². The third kappa shape index (κ3) is 3.89. The van der Waals surface area contributed by atoms with Crippen LogP contribution < -0.4 is 0 Å². The molecule has 4 rings (SSSR count). The molecule has 1 aromatic heterocycles. The van der Waals surface area contributed by atoms with Crippen molar-refractivity contribution in [1.29, 1.82) is 5.26 Å². The number of fused-ring (bicyclic) bond motifs is 2. The molecule has 140 valence electrons. The number of rotatable bonds is 1. The average molecular weight is 396 g/mol. The third-order valence-corrected chi connectivity index (χ3v) is 5.59. The highest BCUT2D eigenvalue weighted by Gasteiger charge is 2.39. The van der Waals surface area contributed by atoms with Gasteiger partial charge in [-0.25, -0.2) is 0 Å². The molecule has 1 aliphatic carbocycles. The minimum atomic E-state index is -3.67. The Morgan fingerprint density at radius 3 is 2.81 bits per heavy atom. The molecule has 26 heavy (non-hydrogen) atoms. The molecular formula is C18H22ClN3O3S. The Morgan fingerprint density at radius 1 is 1.46 bits per heavy atom. The van der Waals surface area contributed by atoms with E-state index in [1.54, 1.807) is 0 Å². The minimum Gasteiger partial charge on any atom is -0.345 e.